The van der Waals surface area contributed by atoms with E-state index in [0.29, 0.717) is 23.5 Å². The number of amides is 2. The highest BCUT2D eigenvalue weighted by Crippen LogP contribution is 2.53. The molecule has 60 heavy (non-hydrogen) atoms. The number of carbonyl (C=O) groups excluding carboxylic acids is 2. The predicted molar refractivity (Wildman–Crippen MR) is 238 cm³/mol. The highest BCUT2D eigenvalue weighted by molar-refractivity contribution is 7.92. The third-order valence-electron chi connectivity index (χ3n) is 11.7. The number of aromatic nitrogens is 2. The minimum absolute atomic E-state index is 0.0911. The smallest absolute Gasteiger partial charge is 0.407 e. The molecule has 1 aliphatic carbocycles. The van der Waals surface area contributed by atoms with Crippen LogP contribution in [0.5, 0.6) is 5.75 Å². The summed E-state index contributed by atoms with van der Waals surface area (Å²) in [5.41, 5.74) is 3.06. The largest absolute Gasteiger partial charge is 0.489 e. The molecule has 2 amide bonds. The van der Waals surface area contributed by atoms with Gasteiger partial charge in [0.1, 0.15) is 16.4 Å². The summed E-state index contributed by atoms with van der Waals surface area (Å²) in [5, 5.41) is 9.20. The number of carbonyl (C=O) groups is 2. The summed E-state index contributed by atoms with van der Waals surface area (Å²) in [6.45, 7) is 19.3. The van der Waals surface area contributed by atoms with Gasteiger partial charge in [-0.1, -0.05) is 30.2 Å². The van der Waals surface area contributed by atoms with Crippen molar-refractivity contribution in [3.8, 4) is 5.75 Å². The number of nitrogens with one attached hydrogen (secondary N) is 3. The summed E-state index contributed by atoms with van der Waals surface area (Å²) in [6, 6.07) is 11.0. The zero-order valence-electron chi connectivity index (χ0n) is 36.6. The minimum atomic E-state index is -3.57. The van der Waals surface area contributed by atoms with Crippen LogP contribution in [0.3, 0.4) is 0 Å². The van der Waals surface area contributed by atoms with E-state index in [-0.39, 0.29) is 57.2 Å². The number of aryl methyl sites for hydroxylation is 1. The second kappa shape index (κ2) is 18.9. The summed E-state index contributed by atoms with van der Waals surface area (Å²) in [6.07, 6.45) is 8.59. The summed E-state index contributed by atoms with van der Waals surface area (Å²) in [4.78, 5) is 39.4. The molecule has 3 aliphatic rings. The molecule has 1 spiro atoms. The number of para-hydroxylation sites is 1. The van der Waals surface area contributed by atoms with Crippen molar-refractivity contribution in [3.05, 3.63) is 58.7 Å². The number of sulfone groups is 1. The van der Waals surface area contributed by atoms with Gasteiger partial charge in [-0.05, 0) is 142 Å². The lowest BCUT2D eigenvalue weighted by molar-refractivity contribution is -0.132. The van der Waals surface area contributed by atoms with Crippen LogP contribution >= 0.6 is 11.6 Å². The molecule has 0 unspecified atom stereocenters. The van der Waals surface area contributed by atoms with Crippen LogP contribution in [0, 0.1) is 12.3 Å². The Morgan fingerprint density at radius 2 is 1.72 bits per heavy atom. The van der Waals surface area contributed by atoms with Crippen molar-refractivity contribution >= 4 is 56.6 Å². The SMILES string of the molecule is Cc1cc(Nc2ncc(Cl)c(Nc3ccccc3S(=O)(=O)C(C)C)n2)c(OC(C)C)cc1C1CCN(C(=O)CCCCCN2C[C@H](NC(=O)OC(C)(C)C)C3(CC3)C2)CC1. The zero-order valence-corrected chi connectivity index (χ0v) is 38.1. The Morgan fingerprint density at radius 1 is 1.00 bits per heavy atom. The average Bonchev–Trinajstić information content (AvgIpc) is 3.88. The fourth-order valence-corrected chi connectivity index (χ4v) is 9.71. The molecule has 3 N–H and O–H groups in total. The van der Waals surface area contributed by atoms with E-state index in [9.17, 15) is 18.0 Å². The highest BCUT2D eigenvalue weighted by atomic mass is 35.5. The summed E-state index contributed by atoms with van der Waals surface area (Å²) in [5.74, 6) is 1.71. The predicted octanol–water partition coefficient (Wildman–Crippen LogP) is 9.15. The van der Waals surface area contributed by atoms with Crippen molar-refractivity contribution in [2.45, 2.75) is 141 Å². The first-order valence-electron chi connectivity index (χ1n) is 21.5. The lowest BCUT2D eigenvalue weighted by atomic mass is 9.86. The van der Waals surface area contributed by atoms with Crippen LogP contribution in [0.4, 0.5) is 27.9 Å². The van der Waals surface area contributed by atoms with Crippen molar-refractivity contribution in [2.75, 3.05) is 43.4 Å². The molecule has 3 fully saturated rings. The maximum absolute atomic E-state index is 13.3. The highest BCUT2D eigenvalue weighted by Gasteiger charge is 2.55. The Kier molecular flexibility index (Phi) is 14.3. The van der Waals surface area contributed by atoms with E-state index < -0.39 is 20.7 Å². The van der Waals surface area contributed by atoms with E-state index in [0.717, 1.165) is 83.2 Å². The molecule has 2 aliphatic heterocycles. The van der Waals surface area contributed by atoms with Crippen LogP contribution in [0.25, 0.3) is 0 Å². The van der Waals surface area contributed by atoms with Gasteiger partial charge in [-0.3, -0.25) is 4.79 Å². The lowest BCUT2D eigenvalue weighted by Gasteiger charge is -2.33. The molecule has 328 valence electrons. The maximum atomic E-state index is 13.3. The van der Waals surface area contributed by atoms with Gasteiger partial charge < -0.3 is 35.2 Å². The van der Waals surface area contributed by atoms with Crippen molar-refractivity contribution in [2.24, 2.45) is 5.41 Å². The molecule has 2 saturated heterocycles. The van der Waals surface area contributed by atoms with Crippen LogP contribution < -0.4 is 20.7 Å². The van der Waals surface area contributed by atoms with E-state index >= 15 is 0 Å². The Labute approximate surface area is 361 Å². The Hall–Kier alpha value is -4.14. The Morgan fingerprint density at radius 3 is 2.38 bits per heavy atom. The summed E-state index contributed by atoms with van der Waals surface area (Å²) < 4.78 is 38.0. The van der Waals surface area contributed by atoms with Gasteiger partial charge in [0.15, 0.2) is 15.7 Å². The van der Waals surface area contributed by atoms with Gasteiger partial charge in [0, 0.05) is 38.0 Å². The van der Waals surface area contributed by atoms with Crippen LogP contribution in [-0.4, -0.2) is 95.9 Å². The normalized spacial score (nSPS) is 18.2. The molecular formula is C45H64ClN7O6S. The molecule has 6 rings (SSSR count). The van der Waals surface area contributed by atoms with Crippen molar-refractivity contribution in [1.29, 1.82) is 0 Å². The summed E-state index contributed by atoms with van der Waals surface area (Å²) >= 11 is 6.51. The number of rotatable bonds is 16. The first kappa shape index (κ1) is 45.4. The number of hydrogen-bond donors (Lipinski definition) is 3. The molecule has 1 saturated carbocycles. The van der Waals surface area contributed by atoms with Crippen molar-refractivity contribution in [3.63, 3.8) is 0 Å². The molecule has 1 atom stereocenters. The molecule has 15 heteroatoms. The topological polar surface area (TPSA) is 155 Å². The van der Waals surface area contributed by atoms with E-state index in [1.165, 1.54) is 11.8 Å². The number of halogens is 1. The number of likely N-dealkylation sites (tertiary alicyclic amines) is 2. The molecule has 3 heterocycles. The first-order valence-corrected chi connectivity index (χ1v) is 23.5. The standard InChI is InChI=1S/C45H64ClN7O6S/c1-29(2)58-37-25-33(31(5)24-36(37)49-42-47-26-34(46)41(51-42)48-35-14-11-12-15-38(35)60(56,57)30(3)4)32-17-22-53(23-18-32)40(54)16-10-9-13-21-52-27-39(45(28-52)19-20-45)50-43(55)59-44(6,7)8/h11-12,14-15,24-26,29-30,32,39H,9-10,13,16-23,27-28H2,1-8H3,(H,50,55)(H2,47,48,49,51)/t39-/m0/s1. The van der Waals surface area contributed by atoms with Gasteiger partial charge in [0.2, 0.25) is 11.9 Å². The quantitative estimate of drug-likeness (QED) is 0.118. The third kappa shape index (κ3) is 11.4. The zero-order chi connectivity index (χ0) is 43.4. The maximum Gasteiger partial charge on any atom is 0.407 e. The van der Waals surface area contributed by atoms with Crippen LogP contribution in [0.2, 0.25) is 5.02 Å². The minimum Gasteiger partial charge on any atom is -0.489 e. The van der Waals surface area contributed by atoms with Gasteiger partial charge in [-0.15, -0.1) is 0 Å². The fourth-order valence-electron chi connectivity index (χ4n) is 8.37. The molecule has 1 aromatic heterocycles. The average molecular weight is 867 g/mol. The Balaban J connectivity index is 1.00. The van der Waals surface area contributed by atoms with Crippen LogP contribution in [0.15, 0.2) is 47.5 Å². The molecule has 0 bridgehead atoms. The molecular weight excluding hydrogens is 802 g/mol. The molecule has 13 nitrogen and oxygen atoms in total. The van der Waals surface area contributed by atoms with Crippen molar-refractivity contribution in [1.82, 2.24) is 25.1 Å². The number of unbranched alkanes of at least 4 members (excludes halogenated alkanes) is 2. The number of nitrogens with zero attached hydrogens (tertiary/aromatic N) is 4. The molecule has 2 aromatic carbocycles. The van der Waals surface area contributed by atoms with Gasteiger partial charge in [0.25, 0.3) is 0 Å². The van der Waals surface area contributed by atoms with E-state index in [1.54, 1.807) is 38.1 Å². The Bertz CT molecular complexity index is 2110. The molecule has 0 radical (unpaired) electrons. The van der Waals surface area contributed by atoms with E-state index in [4.69, 9.17) is 21.1 Å². The second-order valence-corrected chi connectivity index (χ2v) is 21.2. The van der Waals surface area contributed by atoms with Crippen LogP contribution in [0.1, 0.15) is 117 Å². The molecule has 3 aromatic rings. The monoisotopic (exact) mass is 865 g/mol. The second-order valence-electron chi connectivity index (χ2n) is 18.4. The van der Waals surface area contributed by atoms with E-state index in [1.807, 2.05) is 45.6 Å². The van der Waals surface area contributed by atoms with Crippen molar-refractivity contribution < 1.29 is 27.5 Å². The fraction of sp³-hybridized carbons (Fsp3) is 0.600. The number of hydrogen-bond acceptors (Lipinski definition) is 11. The van der Waals surface area contributed by atoms with Gasteiger partial charge in [-0.25, -0.2) is 18.2 Å². The van der Waals surface area contributed by atoms with Gasteiger partial charge in [0.05, 0.1) is 39.9 Å². The first-order chi connectivity index (χ1) is 28.3. The number of anilines is 4. The number of benzene rings is 2. The van der Waals surface area contributed by atoms with Gasteiger partial charge in [-0.2, -0.15) is 4.98 Å². The summed E-state index contributed by atoms with van der Waals surface area (Å²) in [7, 11) is -3.57. The third-order valence-corrected chi connectivity index (χ3v) is 14.2. The van der Waals surface area contributed by atoms with E-state index in [2.05, 4.69) is 43.8 Å². The number of piperidine rings is 1. The lowest BCUT2D eigenvalue weighted by Crippen LogP contribution is -2.44. The number of ether oxygens (including phenoxy) is 2. The van der Waals surface area contributed by atoms with Gasteiger partial charge >= 0.3 is 6.09 Å². The number of alkyl carbamates (subject to hydrolysis) is 1. The van der Waals surface area contributed by atoms with Crippen LogP contribution in [-0.2, 0) is 19.4 Å².